The summed E-state index contributed by atoms with van der Waals surface area (Å²) in [5.41, 5.74) is 2.28. The Labute approximate surface area is 149 Å². The summed E-state index contributed by atoms with van der Waals surface area (Å²) in [5.74, 6) is 0.141. The molecule has 6 heteroatoms. The Morgan fingerprint density at radius 3 is 2.56 bits per heavy atom. The average Bonchev–Trinajstić information content (AvgIpc) is 2.96. The molecule has 136 valence electrons. The van der Waals surface area contributed by atoms with E-state index in [0.29, 0.717) is 32.8 Å². The van der Waals surface area contributed by atoms with Crippen LogP contribution in [0.1, 0.15) is 26.3 Å². The molecule has 1 aromatic rings. The Morgan fingerprint density at radius 2 is 1.88 bits per heavy atom. The van der Waals surface area contributed by atoms with Gasteiger partial charge in [0.25, 0.3) is 0 Å². The predicted molar refractivity (Wildman–Crippen MR) is 96.7 cm³/mol. The quantitative estimate of drug-likeness (QED) is 0.842. The molecule has 0 N–H and O–H groups in total. The molecule has 0 spiro atoms. The molecule has 0 saturated carbocycles. The summed E-state index contributed by atoms with van der Waals surface area (Å²) in [4.78, 5) is 30.7. The van der Waals surface area contributed by atoms with Crippen LogP contribution in [0.15, 0.2) is 24.3 Å². The molecular weight excluding hydrogens is 318 g/mol. The number of ether oxygens (including phenoxy) is 1. The summed E-state index contributed by atoms with van der Waals surface area (Å²) in [6, 6.07) is 8.13. The second-order valence-corrected chi connectivity index (χ2v) is 6.79. The van der Waals surface area contributed by atoms with Gasteiger partial charge in [0.2, 0.25) is 5.91 Å². The van der Waals surface area contributed by atoms with E-state index >= 15 is 0 Å². The topological polar surface area (TPSA) is 53.1 Å². The Morgan fingerprint density at radius 1 is 1.20 bits per heavy atom. The van der Waals surface area contributed by atoms with Crippen molar-refractivity contribution in [2.24, 2.45) is 0 Å². The Bertz CT molecular complexity index is 641. The van der Waals surface area contributed by atoms with Crippen molar-refractivity contribution in [1.82, 2.24) is 9.80 Å². The molecule has 2 aliphatic rings. The number of fused-ring (bicyclic) bond motifs is 1. The second-order valence-electron chi connectivity index (χ2n) is 6.79. The van der Waals surface area contributed by atoms with E-state index in [0.717, 1.165) is 12.1 Å². The van der Waals surface area contributed by atoms with Crippen LogP contribution in [0.5, 0.6) is 0 Å². The van der Waals surface area contributed by atoms with Gasteiger partial charge in [-0.1, -0.05) is 18.2 Å². The lowest BCUT2D eigenvalue weighted by Gasteiger charge is -2.38. The van der Waals surface area contributed by atoms with Crippen molar-refractivity contribution < 1.29 is 14.3 Å². The minimum atomic E-state index is -0.261. The molecule has 2 atom stereocenters. The van der Waals surface area contributed by atoms with Gasteiger partial charge in [0.15, 0.2) is 0 Å². The van der Waals surface area contributed by atoms with Gasteiger partial charge in [-0.25, -0.2) is 4.79 Å². The van der Waals surface area contributed by atoms with Gasteiger partial charge in [-0.2, -0.15) is 0 Å². The third-order valence-corrected chi connectivity index (χ3v) is 5.19. The molecule has 6 nitrogen and oxygen atoms in total. The number of carbonyl (C=O) groups excluding carboxylic acids is 2. The number of amides is 2. The highest BCUT2D eigenvalue weighted by molar-refractivity contribution is 5.99. The Hall–Kier alpha value is -2.08. The number of hydrogen-bond donors (Lipinski definition) is 0. The Kier molecular flexibility index (Phi) is 5.27. The number of hydrogen-bond acceptors (Lipinski definition) is 4. The van der Waals surface area contributed by atoms with Crippen LogP contribution >= 0.6 is 0 Å². The van der Waals surface area contributed by atoms with E-state index in [4.69, 9.17) is 4.74 Å². The number of benzene rings is 1. The molecule has 3 rings (SSSR count). The van der Waals surface area contributed by atoms with Crippen molar-refractivity contribution in [3.63, 3.8) is 0 Å². The minimum Gasteiger partial charge on any atom is -0.450 e. The van der Waals surface area contributed by atoms with E-state index in [9.17, 15) is 9.59 Å². The summed E-state index contributed by atoms with van der Waals surface area (Å²) in [5, 5.41) is 0. The molecule has 2 amide bonds. The van der Waals surface area contributed by atoms with Crippen molar-refractivity contribution >= 4 is 17.7 Å². The fraction of sp³-hybridized carbons (Fsp3) is 0.579. The molecule has 0 unspecified atom stereocenters. The summed E-state index contributed by atoms with van der Waals surface area (Å²) >= 11 is 0. The molecular formula is C19H27N3O3. The first-order valence-corrected chi connectivity index (χ1v) is 9.09. The van der Waals surface area contributed by atoms with Gasteiger partial charge < -0.3 is 14.5 Å². The van der Waals surface area contributed by atoms with Crippen molar-refractivity contribution in [2.45, 2.75) is 39.3 Å². The summed E-state index contributed by atoms with van der Waals surface area (Å²) in [6.45, 7) is 8.85. The SMILES string of the molecule is CCOC(=O)N1CCN([C@H](C)C(=O)N2c3ccccc3C[C@H]2C)CC1. The number of rotatable bonds is 3. The van der Waals surface area contributed by atoms with Crippen molar-refractivity contribution in [1.29, 1.82) is 0 Å². The first kappa shape index (κ1) is 17.7. The lowest BCUT2D eigenvalue weighted by Crippen LogP contribution is -2.56. The fourth-order valence-corrected chi connectivity index (χ4v) is 3.77. The van der Waals surface area contributed by atoms with E-state index in [2.05, 4.69) is 17.9 Å². The molecule has 1 aromatic carbocycles. The monoisotopic (exact) mass is 345 g/mol. The van der Waals surface area contributed by atoms with Gasteiger partial charge >= 0.3 is 6.09 Å². The number of carbonyl (C=O) groups is 2. The largest absolute Gasteiger partial charge is 0.450 e. The molecule has 0 aromatic heterocycles. The standard InChI is InChI=1S/C19H27N3O3/c1-4-25-19(24)21-11-9-20(10-12-21)15(3)18(23)22-14(2)13-16-7-5-6-8-17(16)22/h5-8,14-15H,4,9-13H2,1-3H3/t14-,15-/m1/s1. The predicted octanol–water partition coefficient (Wildman–Crippen LogP) is 2.13. The van der Waals surface area contributed by atoms with Gasteiger partial charge in [0.05, 0.1) is 12.6 Å². The van der Waals surface area contributed by atoms with Crippen LogP contribution in [-0.2, 0) is 16.0 Å². The summed E-state index contributed by atoms with van der Waals surface area (Å²) in [6.07, 6.45) is 0.647. The molecule has 25 heavy (non-hydrogen) atoms. The van der Waals surface area contributed by atoms with Gasteiger partial charge in [0, 0.05) is 37.9 Å². The maximum Gasteiger partial charge on any atom is 0.409 e. The minimum absolute atomic E-state index is 0.141. The van der Waals surface area contributed by atoms with Gasteiger partial charge in [-0.3, -0.25) is 9.69 Å². The fourth-order valence-electron chi connectivity index (χ4n) is 3.77. The van der Waals surface area contributed by atoms with Crippen molar-refractivity contribution in [2.75, 3.05) is 37.7 Å². The summed E-state index contributed by atoms with van der Waals surface area (Å²) < 4.78 is 5.05. The maximum atomic E-state index is 13.1. The van der Waals surface area contributed by atoms with Gasteiger partial charge in [-0.15, -0.1) is 0 Å². The third kappa shape index (κ3) is 3.49. The van der Waals surface area contributed by atoms with Crippen LogP contribution in [0.25, 0.3) is 0 Å². The second kappa shape index (κ2) is 7.44. The molecule has 2 aliphatic heterocycles. The highest BCUT2D eigenvalue weighted by Gasteiger charge is 2.36. The highest BCUT2D eigenvalue weighted by Crippen LogP contribution is 2.32. The lowest BCUT2D eigenvalue weighted by atomic mass is 10.1. The van der Waals surface area contributed by atoms with Gasteiger partial charge in [0.1, 0.15) is 0 Å². The first-order valence-electron chi connectivity index (χ1n) is 9.09. The number of nitrogens with zero attached hydrogens (tertiary/aromatic N) is 3. The van der Waals surface area contributed by atoms with Gasteiger partial charge in [-0.05, 0) is 38.8 Å². The van der Waals surface area contributed by atoms with Crippen LogP contribution in [0.3, 0.4) is 0 Å². The molecule has 1 fully saturated rings. The van der Waals surface area contributed by atoms with E-state index in [1.165, 1.54) is 5.56 Å². The molecule has 0 bridgehead atoms. The van der Waals surface area contributed by atoms with Crippen LogP contribution in [0.2, 0.25) is 0 Å². The number of anilines is 1. The Balaban J connectivity index is 1.63. The molecule has 0 aliphatic carbocycles. The number of para-hydroxylation sites is 1. The van der Waals surface area contributed by atoms with E-state index in [1.807, 2.05) is 36.9 Å². The van der Waals surface area contributed by atoms with Crippen LogP contribution < -0.4 is 4.90 Å². The van der Waals surface area contributed by atoms with Crippen molar-refractivity contribution in [3.05, 3.63) is 29.8 Å². The zero-order valence-corrected chi connectivity index (χ0v) is 15.3. The first-order chi connectivity index (χ1) is 12.0. The normalized spacial score (nSPS) is 21.8. The summed E-state index contributed by atoms with van der Waals surface area (Å²) in [7, 11) is 0. The molecule has 0 radical (unpaired) electrons. The smallest absolute Gasteiger partial charge is 0.409 e. The van der Waals surface area contributed by atoms with Crippen LogP contribution in [-0.4, -0.2) is 66.7 Å². The zero-order chi connectivity index (χ0) is 18.0. The molecule has 1 saturated heterocycles. The van der Waals surface area contributed by atoms with E-state index in [-0.39, 0.29) is 24.1 Å². The van der Waals surface area contributed by atoms with Crippen LogP contribution in [0.4, 0.5) is 10.5 Å². The lowest BCUT2D eigenvalue weighted by molar-refractivity contribution is -0.124. The van der Waals surface area contributed by atoms with Crippen LogP contribution in [0, 0.1) is 0 Å². The average molecular weight is 345 g/mol. The number of piperazine rings is 1. The van der Waals surface area contributed by atoms with E-state index < -0.39 is 0 Å². The maximum absolute atomic E-state index is 13.1. The van der Waals surface area contributed by atoms with Crippen molar-refractivity contribution in [3.8, 4) is 0 Å². The highest BCUT2D eigenvalue weighted by atomic mass is 16.6. The zero-order valence-electron chi connectivity index (χ0n) is 15.3. The molecule has 2 heterocycles. The third-order valence-electron chi connectivity index (χ3n) is 5.19. The van der Waals surface area contributed by atoms with E-state index in [1.54, 1.807) is 4.90 Å².